The molecule has 0 radical (unpaired) electrons. The van der Waals surface area contributed by atoms with Crippen molar-refractivity contribution >= 4 is 11.3 Å². The summed E-state index contributed by atoms with van der Waals surface area (Å²) in [7, 11) is 0. The second kappa shape index (κ2) is 4.01. The highest BCUT2D eigenvalue weighted by Crippen LogP contribution is 2.28. The standard InChI is InChI=1S/C13H12O2S/c14-13(11-3-4-16-8-11)9-1-2-10-6-15-7-12(10)5-9/h1-5,8,13-14H,6-7H2. The molecule has 3 rings (SSSR count). The van der Waals surface area contributed by atoms with Crippen molar-refractivity contribution in [3.63, 3.8) is 0 Å². The zero-order valence-electron chi connectivity index (χ0n) is 8.72. The van der Waals surface area contributed by atoms with E-state index in [9.17, 15) is 5.11 Å². The molecule has 1 unspecified atom stereocenters. The second-order valence-electron chi connectivity index (χ2n) is 3.98. The second-order valence-corrected chi connectivity index (χ2v) is 4.76. The van der Waals surface area contributed by atoms with E-state index in [1.165, 1.54) is 11.1 Å². The lowest BCUT2D eigenvalue weighted by atomic mass is 10.00. The molecule has 2 heterocycles. The number of hydrogen-bond donors (Lipinski definition) is 1. The van der Waals surface area contributed by atoms with Crippen molar-refractivity contribution in [3.8, 4) is 0 Å². The molecule has 1 atom stereocenters. The molecule has 16 heavy (non-hydrogen) atoms. The molecule has 82 valence electrons. The number of benzene rings is 1. The van der Waals surface area contributed by atoms with Crippen LogP contribution in [0.25, 0.3) is 0 Å². The zero-order valence-corrected chi connectivity index (χ0v) is 9.54. The summed E-state index contributed by atoms with van der Waals surface area (Å²) >= 11 is 1.60. The molecule has 2 nitrogen and oxygen atoms in total. The highest BCUT2D eigenvalue weighted by molar-refractivity contribution is 7.07. The molecule has 1 aromatic carbocycles. The van der Waals surface area contributed by atoms with Crippen molar-refractivity contribution < 1.29 is 9.84 Å². The van der Waals surface area contributed by atoms with Gasteiger partial charge in [0.2, 0.25) is 0 Å². The summed E-state index contributed by atoms with van der Waals surface area (Å²) in [5.41, 5.74) is 4.35. The largest absolute Gasteiger partial charge is 0.384 e. The predicted molar refractivity (Wildman–Crippen MR) is 63.3 cm³/mol. The molecule has 1 aliphatic heterocycles. The zero-order chi connectivity index (χ0) is 11.0. The molecule has 0 bridgehead atoms. The molecule has 0 amide bonds. The Balaban J connectivity index is 1.95. The number of ether oxygens (including phenoxy) is 1. The van der Waals surface area contributed by atoms with Gasteiger partial charge in [-0.1, -0.05) is 18.2 Å². The Bertz CT molecular complexity index is 491. The molecule has 0 fully saturated rings. The van der Waals surface area contributed by atoms with Crippen LogP contribution in [0.5, 0.6) is 0 Å². The van der Waals surface area contributed by atoms with Crippen LogP contribution in [0.1, 0.15) is 28.4 Å². The Morgan fingerprint density at radius 2 is 2.00 bits per heavy atom. The third-order valence-corrected chi connectivity index (χ3v) is 3.62. The molecule has 0 saturated heterocycles. The van der Waals surface area contributed by atoms with Crippen LogP contribution in [0.15, 0.2) is 35.0 Å². The predicted octanol–water partition coefficient (Wildman–Crippen LogP) is 2.86. The third-order valence-electron chi connectivity index (χ3n) is 2.92. The maximum absolute atomic E-state index is 10.2. The van der Waals surface area contributed by atoms with Crippen LogP contribution in [0.4, 0.5) is 0 Å². The Kier molecular flexibility index (Phi) is 2.52. The first-order valence-corrected chi connectivity index (χ1v) is 6.18. The molecule has 1 aliphatic rings. The first kappa shape index (κ1) is 10.0. The molecule has 3 heteroatoms. The highest BCUT2D eigenvalue weighted by atomic mass is 32.1. The van der Waals surface area contributed by atoms with E-state index in [-0.39, 0.29) is 0 Å². The first-order valence-electron chi connectivity index (χ1n) is 5.24. The molecule has 1 N–H and O–H groups in total. The van der Waals surface area contributed by atoms with Gasteiger partial charge in [0.15, 0.2) is 0 Å². The minimum atomic E-state index is -0.517. The molecular formula is C13H12O2S. The van der Waals surface area contributed by atoms with Gasteiger partial charge in [-0.3, -0.25) is 0 Å². The van der Waals surface area contributed by atoms with Gasteiger partial charge in [0, 0.05) is 0 Å². The van der Waals surface area contributed by atoms with E-state index in [2.05, 4.69) is 0 Å². The Labute approximate surface area is 98.1 Å². The van der Waals surface area contributed by atoms with Crippen LogP contribution in [0.3, 0.4) is 0 Å². The molecule has 0 spiro atoms. The maximum atomic E-state index is 10.2. The highest BCUT2D eigenvalue weighted by Gasteiger charge is 2.16. The number of aliphatic hydroxyl groups excluding tert-OH is 1. The number of fused-ring (bicyclic) bond motifs is 1. The van der Waals surface area contributed by atoms with Crippen LogP contribution >= 0.6 is 11.3 Å². The van der Waals surface area contributed by atoms with Crippen molar-refractivity contribution in [3.05, 3.63) is 57.3 Å². The average Bonchev–Trinajstić information content (AvgIpc) is 2.98. The monoisotopic (exact) mass is 232 g/mol. The van der Waals surface area contributed by atoms with Gasteiger partial charge in [0.25, 0.3) is 0 Å². The molecule has 2 aromatic rings. The van der Waals surface area contributed by atoms with E-state index in [1.54, 1.807) is 11.3 Å². The Morgan fingerprint density at radius 1 is 1.12 bits per heavy atom. The summed E-state index contributed by atoms with van der Waals surface area (Å²) in [4.78, 5) is 0. The lowest BCUT2D eigenvalue weighted by Gasteiger charge is -2.10. The minimum Gasteiger partial charge on any atom is -0.384 e. The van der Waals surface area contributed by atoms with Gasteiger partial charge < -0.3 is 9.84 Å². The van der Waals surface area contributed by atoms with Crippen LogP contribution < -0.4 is 0 Å². The maximum Gasteiger partial charge on any atom is 0.105 e. The number of hydrogen-bond acceptors (Lipinski definition) is 3. The number of aliphatic hydroxyl groups is 1. The van der Waals surface area contributed by atoms with Gasteiger partial charge in [0.05, 0.1) is 13.2 Å². The summed E-state index contributed by atoms with van der Waals surface area (Å²) in [6, 6.07) is 8.03. The van der Waals surface area contributed by atoms with Gasteiger partial charge in [0.1, 0.15) is 6.10 Å². The third kappa shape index (κ3) is 1.67. The van der Waals surface area contributed by atoms with Crippen LogP contribution in [0, 0.1) is 0 Å². The lowest BCUT2D eigenvalue weighted by molar-refractivity contribution is 0.134. The van der Waals surface area contributed by atoms with E-state index in [0.717, 1.165) is 11.1 Å². The normalized spacial score (nSPS) is 16.1. The van der Waals surface area contributed by atoms with Crippen LogP contribution in [-0.2, 0) is 18.0 Å². The van der Waals surface area contributed by atoms with Gasteiger partial charge in [-0.05, 0) is 39.1 Å². The fourth-order valence-corrected chi connectivity index (χ4v) is 2.66. The number of thiophene rings is 1. The molecule has 0 aliphatic carbocycles. The summed E-state index contributed by atoms with van der Waals surface area (Å²) in [6.45, 7) is 1.36. The average molecular weight is 232 g/mol. The molecule has 0 saturated carbocycles. The Hall–Kier alpha value is -1.16. The van der Waals surface area contributed by atoms with Crippen LogP contribution in [-0.4, -0.2) is 5.11 Å². The Morgan fingerprint density at radius 3 is 2.81 bits per heavy atom. The van der Waals surface area contributed by atoms with Gasteiger partial charge in [-0.2, -0.15) is 11.3 Å². The topological polar surface area (TPSA) is 29.5 Å². The number of rotatable bonds is 2. The minimum absolute atomic E-state index is 0.517. The van der Waals surface area contributed by atoms with Crippen molar-refractivity contribution in [2.45, 2.75) is 19.3 Å². The first-order chi connectivity index (χ1) is 7.84. The van der Waals surface area contributed by atoms with E-state index >= 15 is 0 Å². The van der Waals surface area contributed by atoms with E-state index < -0.39 is 6.10 Å². The summed E-state index contributed by atoms with van der Waals surface area (Å²) < 4.78 is 5.36. The summed E-state index contributed by atoms with van der Waals surface area (Å²) in [5, 5.41) is 14.1. The quantitative estimate of drug-likeness (QED) is 0.862. The van der Waals surface area contributed by atoms with Crippen molar-refractivity contribution in [2.75, 3.05) is 0 Å². The fourth-order valence-electron chi connectivity index (χ4n) is 1.99. The van der Waals surface area contributed by atoms with Crippen LogP contribution in [0.2, 0.25) is 0 Å². The fraction of sp³-hybridized carbons (Fsp3) is 0.231. The smallest absolute Gasteiger partial charge is 0.105 e. The van der Waals surface area contributed by atoms with Gasteiger partial charge in [-0.15, -0.1) is 0 Å². The van der Waals surface area contributed by atoms with Crippen molar-refractivity contribution in [1.29, 1.82) is 0 Å². The van der Waals surface area contributed by atoms with Gasteiger partial charge in [-0.25, -0.2) is 0 Å². The van der Waals surface area contributed by atoms with Gasteiger partial charge >= 0.3 is 0 Å². The van der Waals surface area contributed by atoms with E-state index in [0.29, 0.717) is 13.2 Å². The molecule has 1 aromatic heterocycles. The van der Waals surface area contributed by atoms with E-state index in [1.807, 2.05) is 35.0 Å². The van der Waals surface area contributed by atoms with E-state index in [4.69, 9.17) is 4.74 Å². The molecular weight excluding hydrogens is 220 g/mol. The summed E-state index contributed by atoms with van der Waals surface area (Å²) in [6.07, 6.45) is -0.517. The lowest BCUT2D eigenvalue weighted by Crippen LogP contribution is -1.99. The SMILES string of the molecule is OC(c1ccsc1)c1ccc2c(c1)COC2. The van der Waals surface area contributed by atoms with Crippen molar-refractivity contribution in [1.82, 2.24) is 0 Å². The van der Waals surface area contributed by atoms with Crippen molar-refractivity contribution in [2.24, 2.45) is 0 Å². The summed E-state index contributed by atoms with van der Waals surface area (Å²) in [5.74, 6) is 0.